The van der Waals surface area contributed by atoms with E-state index in [9.17, 15) is 0 Å². The van der Waals surface area contributed by atoms with E-state index in [1.807, 2.05) is 24.3 Å². The lowest BCUT2D eigenvalue weighted by Gasteiger charge is -2.02. The molecule has 0 spiro atoms. The van der Waals surface area contributed by atoms with E-state index in [4.69, 9.17) is 22.2 Å². The fraction of sp³-hybridized carbons (Fsp3) is 0.200. The maximum absolute atomic E-state index is 5.93. The van der Waals surface area contributed by atoms with E-state index in [1.165, 1.54) is 0 Å². The van der Waals surface area contributed by atoms with Crippen LogP contribution < -0.4 is 10.6 Å². The SMILES string of the molecule is COc1ccc(/C=C/CON)cc1Cl. The second-order valence-corrected chi connectivity index (χ2v) is 3.04. The molecular weight excluding hydrogens is 202 g/mol. The maximum Gasteiger partial charge on any atom is 0.137 e. The minimum absolute atomic E-state index is 0.379. The van der Waals surface area contributed by atoms with Crippen LogP contribution in [0.5, 0.6) is 5.75 Å². The van der Waals surface area contributed by atoms with Crippen LogP contribution in [0, 0.1) is 0 Å². The number of hydrogen-bond acceptors (Lipinski definition) is 3. The number of hydrogen-bond donors (Lipinski definition) is 1. The Labute approximate surface area is 88.0 Å². The summed E-state index contributed by atoms with van der Waals surface area (Å²) in [6.45, 7) is 0.379. The number of ether oxygens (including phenoxy) is 1. The minimum atomic E-state index is 0.379. The van der Waals surface area contributed by atoms with E-state index < -0.39 is 0 Å². The Morgan fingerprint density at radius 1 is 1.50 bits per heavy atom. The van der Waals surface area contributed by atoms with Crippen molar-refractivity contribution in [3.8, 4) is 5.75 Å². The van der Waals surface area contributed by atoms with Crippen LogP contribution in [-0.4, -0.2) is 13.7 Å². The number of halogens is 1. The van der Waals surface area contributed by atoms with Gasteiger partial charge in [-0.05, 0) is 17.7 Å². The first-order valence-electron chi connectivity index (χ1n) is 4.09. The van der Waals surface area contributed by atoms with Gasteiger partial charge in [0.05, 0.1) is 18.7 Å². The summed E-state index contributed by atoms with van der Waals surface area (Å²) in [5.74, 6) is 5.54. The molecule has 1 rings (SSSR count). The molecule has 0 aliphatic rings. The van der Waals surface area contributed by atoms with Gasteiger partial charge in [-0.3, -0.25) is 0 Å². The van der Waals surface area contributed by atoms with Gasteiger partial charge in [-0.15, -0.1) is 0 Å². The molecule has 0 amide bonds. The molecule has 2 N–H and O–H groups in total. The molecular formula is C10H12ClNO2. The molecule has 0 saturated carbocycles. The zero-order chi connectivity index (χ0) is 10.4. The van der Waals surface area contributed by atoms with E-state index in [0.717, 1.165) is 5.56 Å². The van der Waals surface area contributed by atoms with Crippen molar-refractivity contribution in [3.05, 3.63) is 34.9 Å². The van der Waals surface area contributed by atoms with Crippen LogP contribution >= 0.6 is 11.6 Å². The largest absolute Gasteiger partial charge is 0.495 e. The van der Waals surface area contributed by atoms with Crippen molar-refractivity contribution < 1.29 is 9.57 Å². The molecule has 1 aromatic carbocycles. The number of methoxy groups -OCH3 is 1. The number of rotatable bonds is 4. The van der Waals surface area contributed by atoms with Crippen molar-refractivity contribution in [2.45, 2.75) is 0 Å². The van der Waals surface area contributed by atoms with Gasteiger partial charge in [0.2, 0.25) is 0 Å². The summed E-state index contributed by atoms with van der Waals surface area (Å²) in [6.07, 6.45) is 3.68. The van der Waals surface area contributed by atoms with E-state index >= 15 is 0 Å². The Kier molecular flexibility index (Phi) is 4.46. The van der Waals surface area contributed by atoms with Gasteiger partial charge in [-0.2, -0.15) is 0 Å². The van der Waals surface area contributed by atoms with Crippen LogP contribution in [0.1, 0.15) is 5.56 Å². The monoisotopic (exact) mass is 213 g/mol. The normalized spacial score (nSPS) is 10.8. The van der Waals surface area contributed by atoms with Crippen LogP contribution in [0.2, 0.25) is 5.02 Å². The van der Waals surface area contributed by atoms with Crippen LogP contribution in [0.15, 0.2) is 24.3 Å². The average molecular weight is 214 g/mol. The predicted molar refractivity (Wildman–Crippen MR) is 57.2 cm³/mol. The third-order valence-electron chi connectivity index (χ3n) is 1.68. The first-order valence-corrected chi connectivity index (χ1v) is 4.47. The molecule has 0 atom stereocenters. The van der Waals surface area contributed by atoms with Crippen LogP contribution in [-0.2, 0) is 4.84 Å². The maximum atomic E-state index is 5.93. The predicted octanol–water partition coefficient (Wildman–Crippen LogP) is 2.25. The Balaban J connectivity index is 2.76. The molecule has 0 aliphatic heterocycles. The Morgan fingerprint density at radius 3 is 2.86 bits per heavy atom. The molecule has 0 saturated heterocycles. The van der Waals surface area contributed by atoms with E-state index in [-0.39, 0.29) is 0 Å². The van der Waals surface area contributed by atoms with Crippen molar-refractivity contribution in [2.75, 3.05) is 13.7 Å². The molecule has 4 heteroatoms. The van der Waals surface area contributed by atoms with Gasteiger partial charge in [-0.25, -0.2) is 5.90 Å². The molecule has 14 heavy (non-hydrogen) atoms. The van der Waals surface area contributed by atoms with Crippen LogP contribution in [0.4, 0.5) is 0 Å². The topological polar surface area (TPSA) is 44.5 Å². The van der Waals surface area contributed by atoms with Crippen molar-refractivity contribution >= 4 is 17.7 Å². The van der Waals surface area contributed by atoms with Gasteiger partial charge in [0.15, 0.2) is 0 Å². The lowest BCUT2D eigenvalue weighted by molar-refractivity contribution is 0.168. The molecule has 1 aromatic rings. The van der Waals surface area contributed by atoms with Crippen molar-refractivity contribution in [2.24, 2.45) is 5.90 Å². The Morgan fingerprint density at radius 2 is 2.29 bits per heavy atom. The van der Waals surface area contributed by atoms with Gasteiger partial charge < -0.3 is 9.57 Å². The summed E-state index contributed by atoms with van der Waals surface area (Å²) in [6, 6.07) is 5.52. The van der Waals surface area contributed by atoms with Crippen molar-refractivity contribution in [1.29, 1.82) is 0 Å². The van der Waals surface area contributed by atoms with Crippen molar-refractivity contribution in [1.82, 2.24) is 0 Å². The summed E-state index contributed by atoms with van der Waals surface area (Å²) in [7, 11) is 1.58. The molecule has 0 bridgehead atoms. The van der Waals surface area contributed by atoms with E-state index in [1.54, 1.807) is 13.2 Å². The lowest BCUT2D eigenvalue weighted by atomic mass is 10.2. The average Bonchev–Trinajstić information content (AvgIpc) is 2.18. The zero-order valence-corrected chi connectivity index (χ0v) is 8.62. The van der Waals surface area contributed by atoms with Gasteiger partial charge in [-0.1, -0.05) is 29.8 Å². The molecule has 0 fully saturated rings. The molecule has 0 unspecified atom stereocenters. The highest BCUT2D eigenvalue weighted by atomic mass is 35.5. The van der Waals surface area contributed by atoms with E-state index in [2.05, 4.69) is 4.84 Å². The molecule has 3 nitrogen and oxygen atoms in total. The summed E-state index contributed by atoms with van der Waals surface area (Å²) in [5, 5.41) is 0.586. The van der Waals surface area contributed by atoms with Gasteiger partial charge in [0.25, 0.3) is 0 Å². The smallest absolute Gasteiger partial charge is 0.137 e. The molecule has 76 valence electrons. The number of nitrogens with two attached hydrogens (primary N) is 1. The molecule has 0 radical (unpaired) electrons. The molecule has 0 aromatic heterocycles. The van der Waals surface area contributed by atoms with E-state index in [0.29, 0.717) is 17.4 Å². The Hall–Kier alpha value is -1.03. The quantitative estimate of drug-likeness (QED) is 0.781. The summed E-state index contributed by atoms with van der Waals surface area (Å²) in [4.78, 5) is 4.39. The van der Waals surface area contributed by atoms with Crippen LogP contribution in [0.25, 0.3) is 6.08 Å². The number of benzene rings is 1. The van der Waals surface area contributed by atoms with Gasteiger partial charge >= 0.3 is 0 Å². The highest BCUT2D eigenvalue weighted by Gasteiger charge is 1.98. The lowest BCUT2D eigenvalue weighted by Crippen LogP contribution is -1.96. The van der Waals surface area contributed by atoms with Crippen LogP contribution in [0.3, 0.4) is 0 Å². The second-order valence-electron chi connectivity index (χ2n) is 2.63. The van der Waals surface area contributed by atoms with Gasteiger partial charge in [0.1, 0.15) is 5.75 Å². The Bertz CT molecular complexity index is 326. The first kappa shape index (κ1) is 11.0. The third-order valence-corrected chi connectivity index (χ3v) is 1.97. The van der Waals surface area contributed by atoms with Crippen molar-refractivity contribution in [3.63, 3.8) is 0 Å². The zero-order valence-electron chi connectivity index (χ0n) is 7.87. The fourth-order valence-electron chi connectivity index (χ4n) is 1.03. The molecule has 0 aliphatic carbocycles. The highest BCUT2D eigenvalue weighted by molar-refractivity contribution is 6.32. The molecule has 0 heterocycles. The minimum Gasteiger partial charge on any atom is -0.495 e. The standard InChI is InChI=1S/C10H12ClNO2/c1-13-10-5-4-8(7-9(10)11)3-2-6-14-12/h2-5,7H,6,12H2,1H3/b3-2+. The fourth-order valence-corrected chi connectivity index (χ4v) is 1.29. The summed E-state index contributed by atoms with van der Waals surface area (Å²) in [5.41, 5.74) is 0.979. The highest BCUT2D eigenvalue weighted by Crippen LogP contribution is 2.25. The summed E-state index contributed by atoms with van der Waals surface area (Å²) < 4.78 is 5.02. The first-order chi connectivity index (χ1) is 6.77. The summed E-state index contributed by atoms with van der Waals surface area (Å²) >= 11 is 5.93. The van der Waals surface area contributed by atoms with Gasteiger partial charge in [0, 0.05) is 0 Å². The third kappa shape index (κ3) is 3.03. The second kappa shape index (κ2) is 5.65.